The van der Waals surface area contributed by atoms with Gasteiger partial charge < -0.3 is 15.6 Å². The molecule has 1 amide bonds. The minimum Gasteiger partial charge on any atom is -0.336 e. The van der Waals surface area contributed by atoms with E-state index in [9.17, 15) is 9.59 Å². The number of hydrogen-bond acceptors (Lipinski definition) is 4. The third-order valence-corrected chi connectivity index (χ3v) is 2.64. The first-order valence-corrected chi connectivity index (χ1v) is 5.26. The summed E-state index contributed by atoms with van der Waals surface area (Å²) in [6.45, 7) is 1.26. The summed E-state index contributed by atoms with van der Waals surface area (Å²) >= 11 is 0. The van der Waals surface area contributed by atoms with Gasteiger partial charge in [0.05, 0.1) is 6.20 Å². The van der Waals surface area contributed by atoms with E-state index in [0.717, 1.165) is 19.0 Å². The minimum atomic E-state index is -0.313. The third-order valence-electron chi connectivity index (χ3n) is 2.64. The maximum atomic E-state index is 11.9. The first-order chi connectivity index (χ1) is 7.66. The predicted octanol–water partition coefficient (Wildman–Crippen LogP) is -0.667. The number of nitrogens with two attached hydrogens (primary N) is 1. The van der Waals surface area contributed by atoms with Crippen molar-refractivity contribution in [3.05, 3.63) is 28.4 Å². The zero-order chi connectivity index (χ0) is 11.5. The standard InChI is InChI=1S/C10H14N4O2/c11-7-2-1-3-14(6-7)10(16)8-4-13-9(15)5-12-8/h4-5,7H,1-3,6,11H2,(H,13,15)/t7-/m1/s1. The maximum absolute atomic E-state index is 11.9. The maximum Gasteiger partial charge on any atom is 0.274 e. The van der Waals surface area contributed by atoms with Crippen LogP contribution >= 0.6 is 0 Å². The number of aromatic amines is 1. The summed E-state index contributed by atoms with van der Waals surface area (Å²) in [7, 11) is 0. The zero-order valence-electron chi connectivity index (χ0n) is 8.85. The topological polar surface area (TPSA) is 92.1 Å². The molecule has 1 atom stereocenters. The predicted molar refractivity (Wildman–Crippen MR) is 58.0 cm³/mol. The van der Waals surface area contributed by atoms with E-state index in [-0.39, 0.29) is 23.2 Å². The van der Waals surface area contributed by atoms with Gasteiger partial charge in [-0.05, 0) is 12.8 Å². The molecule has 6 nitrogen and oxygen atoms in total. The smallest absolute Gasteiger partial charge is 0.274 e. The summed E-state index contributed by atoms with van der Waals surface area (Å²) in [6.07, 6.45) is 4.31. The van der Waals surface area contributed by atoms with Gasteiger partial charge in [0.2, 0.25) is 0 Å². The van der Waals surface area contributed by atoms with Gasteiger partial charge in [-0.1, -0.05) is 0 Å². The van der Waals surface area contributed by atoms with E-state index in [4.69, 9.17) is 5.73 Å². The molecule has 0 spiro atoms. The van der Waals surface area contributed by atoms with E-state index in [1.807, 2.05) is 0 Å². The molecule has 1 aromatic heterocycles. The molecule has 16 heavy (non-hydrogen) atoms. The largest absolute Gasteiger partial charge is 0.336 e. The van der Waals surface area contributed by atoms with E-state index in [1.165, 1.54) is 6.20 Å². The SMILES string of the molecule is N[C@@H]1CCCN(C(=O)c2c[nH]c(=O)cn2)C1. The van der Waals surface area contributed by atoms with Crippen molar-refractivity contribution in [2.24, 2.45) is 5.73 Å². The Balaban J connectivity index is 2.12. The van der Waals surface area contributed by atoms with Crippen LogP contribution in [0.15, 0.2) is 17.2 Å². The monoisotopic (exact) mass is 222 g/mol. The van der Waals surface area contributed by atoms with Crippen molar-refractivity contribution in [2.45, 2.75) is 18.9 Å². The van der Waals surface area contributed by atoms with E-state index in [2.05, 4.69) is 9.97 Å². The van der Waals surface area contributed by atoms with Crippen LogP contribution in [0.1, 0.15) is 23.3 Å². The molecule has 1 fully saturated rings. The van der Waals surface area contributed by atoms with Crippen LogP contribution in [0.4, 0.5) is 0 Å². The van der Waals surface area contributed by atoms with Crippen LogP contribution in [0.2, 0.25) is 0 Å². The Kier molecular flexibility index (Phi) is 3.00. The van der Waals surface area contributed by atoms with E-state index >= 15 is 0 Å². The molecule has 2 rings (SSSR count). The average molecular weight is 222 g/mol. The van der Waals surface area contributed by atoms with Crippen LogP contribution in [0.3, 0.4) is 0 Å². The second kappa shape index (κ2) is 4.44. The van der Waals surface area contributed by atoms with Gasteiger partial charge in [0.15, 0.2) is 0 Å². The molecule has 1 aliphatic heterocycles. The molecule has 0 unspecified atom stereocenters. The lowest BCUT2D eigenvalue weighted by molar-refractivity contribution is 0.0702. The molecular weight excluding hydrogens is 208 g/mol. The number of nitrogens with one attached hydrogen (secondary N) is 1. The summed E-state index contributed by atoms with van der Waals surface area (Å²) in [4.78, 5) is 30.7. The van der Waals surface area contributed by atoms with Gasteiger partial charge in [0.25, 0.3) is 11.5 Å². The molecule has 86 valence electrons. The molecule has 1 aliphatic rings. The number of carbonyl (C=O) groups excluding carboxylic acids is 1. The summed E-state index contributed by atoms with van der Waals surface area (Å²) in [6, 6.07) is 0.0421. The number of H-pyrrole nitrogens is 1. The Morgan fingerprint density at radius 2 is 2.44 bits per heavy atom. The molecule has 0 aromatic carbocycles. The molecule has 0 saturated carbocycles. The molecule has 2 heterocycles. The van der Waals surface area contributed by atoms with Gasteiger partial charge >= 0.3 is 0 Å². The number of piperidine rings is 1. The Labute approximate surface area is 92.5 Å². The van der Waals surface area contributed by atoms with Crippen LogP contribution < -0.4 is 11.3 Å². The summed E-state index contributed by atoms with van der Waals surface area (Å²) < 4.78 is 0. The molecule has 1 saturated heterocycles. The van der Waals surface area contributed by atoms with Crippen LogP contribution in [-0.2, 0) is 0 Å². The Hall–Kier alpha value is -1.69. The molecule has 0 bridgehead atoms. The van der Waals surface area contributed by atoms with Crippen molar-refractivity contribution in [2.75, 3.05) is 13.1 Å². The number of hydrogen-bond donors (Lipinski definition) is 2. The second-order valence-corrected chi connectivity index (χ2v) is 3.95. The van der Waals surface area contributed by atoms with Crippen molar-refractivity contribution in [3.8, 4) is 0 Å². The fourth-order valence-electron chi connectivity index (χ4n) is 1.82. The lowest BCUT2D eigenvalue weighted by atomic mass is 10.1. The van der Waals surface area contributed by atoms with Crippen LogP contribution in [0.5, 0.6) is 0 Å². The highest BCUT2D eigenvalue weighted by molar-refractivity contribution is 5.92. The van der Waals surface area contributed by atoms with Gasteiger partial charge in [-0.15, -0.1) is 0 Å². The van der Waals surface area contributed by atoms with Gasteiger partial charge in [-0.3, -0.25) is 9.59 Å². The van der Waals surface area contributed by atoms with Crippen LogP contribution in [0, 0.1) is 0 Å². The molecular formula is C10H14N4O2. The highest BCUT2D eigenvalue weighted by Gasteiger charge is 2.22. The molecule has 6 heteroatoms. The summed E-state index contributed by atoms with van der Waals surface area (Å²) in [5, 5.41) is 0. The Morgan fingerprint density at radius 3 is 3.06 bits per heavy atom. The molecule has 3 N–H and O–H groups in total. The van der Waals surface area contributed by atoms with Gasteiger partial charge in [-0.25, -0.2) is 4.98 Å². The van der Waals surface area contributed by atoms with Gasteiger partial charge in [0.1, 0.15) is 5.69 Å². The van der Waals surface area contributed by atoms with Crippen molar-refractivity contribution in [1.29, 1.82) is 0 Å². The highest BCUT2D eigenvalue weighted by Crippen LogP contribution is 2.10. The van der Waals surface area contributed by atoms with Crippen LogP contribution in [0.25, 0.3) is 0 Å². The van der Waals surface area contributed by atoms with Crippen molar-refractivity contribution >= 4 is 5.91 Å². The van der Waals surface area contributed by atoms with Crippen molar-refractivity contribution in [1.82, 2.24) is 14.9 Å². The van der Waals surface area contributed by atoms with Crippen molar-refractivity contribution in [3.63, 3.8) is 0 Å². The highest BCUT2D eigenvalue weighted by atomic mass is 16.2. The summed E-state index contributed by atoms with van der Waals surface area (Å²) in [5.41, 5.74) is 5.74. The second-order valence-electron chi connectivity index (χ2n) is 3.95. The van der Waals surface area contributed by atoms with E-state index < -0.39 is 0 Å². The number of carbonyl (C=O) groups is 1. The number of rotatable bonds is 1. The number of amides is 1. The van der Waals surface area contributed by atoms with Crippen LogP contribution in [-0.4, -0.2) is 39.9 Å². The lowest BCUT2D eigenvalue weighted by Gasteiger charge is -2.30. The fourth-order valence-corrected chi connectivity index (χ4v) is 1.82. The van der Waals surface area contributed by atoms with Gasteiger partial charge in [-0.2, -0.15) is 0 Å². The first-order valence-electron chi connectivity index (χ1n) is 5.26. The third kappa shape index (κ3) is 2.27. The first kappa shape index (κ1) is 10.8. The minimum absolute atomic E-state index is 0.0421. The van der Waals surface area contributed by atoms with Crippen molar-refractivity contribution < 1.29 is 4.79 Å². The summed E-state index contributed by atoms with van der Waals surface area (Å²) in [5.74, 6) is -0.175. The molecule has 0 aliphatic carbocycles. The quantitative estimate of drug-likeness (QED) is 0.659. The number of likely N-dealkylation sites (tertiary alicyclic amines) is 1. The van der Waals surface area contributed by atoms with E-state index in [1.54, 1.807) is 4.90 Å². The normalized spacial score (nSPS) is 20.8. The Bertz CT molecular complexity index is 422. The lowest BCUT2D eigenvalue weighted by Crippen LogP contribution is -2.46. The number of nitrogens with zero attached hydrogens (tertiary/aromatic N) is 2. The zero-order valence-corrected chi connectivity index (χ0v) is 8.85. The molecule has 1 aromatic rings. The Morgan fingerprint density at radius 1 is 1.62 bits per heavy atom. The van der Waals surface area contributed by atoms with Gasteiger partial charge in [0, 0.05) is 25.3 Å². The number of aromatic nitrogens is 2. The fraction of sp³-hybridized carbons (Fsp3) is 0.500. The average Bonchev–Trinajstić information content (AvgIpc) is 2.29. The molecule has 0 radical (unpaired) electrons. The van der Waals surface area contributed by atoms with E-state index in [0.29, 0.717) is 13.1 Å².